The highest BCUT2D eigenvalue weighted by Gasteiger charge is 2.31. The van der Waals surface area contributed by atoms with Crippen molar-refractivity contribution in [3.8, 4) is 89.5 Å². The number of hydrogen-bond acceptors (Lipinski definition) is 4. The van der Waals surface area contributed by atoms with Gasteiger partial charge in [0, 0.05) is 46.1 Å². The third-order valence-corrected chi connectivity index (χ3v) is 14.4. The molecule has 0 aliphatic heterocycles. The molecule has 10 rings (SSSR count). The highest BCUT2D eigenvalue weighted by molar-refractivity contribution is 7.21. The molecule has 0 aliphatic carbocycles. The standard InChI is InChI=1S/C50H33NS4/c1-6-16-34(17-7-1)39-26-30-43(52-39)47-48(44-31-27-40(53-44)35-18-8-2-9-19-35)50(46-33-29-42(55-46)37-22-12-4-13-23-37)51(38-24-14-5-15-25-38)49(47)45-32-28-41(54-45)36-20-10-3-11-21-36/h1-33H. The fourth-order valence-corrected chi connectivity index (χ4v) is 11.5. The van der Waals surface area contributed by atoms with Crippen LogP contribution in [0.2, 0.25) is 0 Å². The normalized spacial score (nSPS) is 11.3. The number of nitrogens with zero attached hydrogens (tertiary/aromatic N) is 1. The molecular weight excluding hydrogens is 743 g/mol. The molecule has 55 heavy (non-hydrogen) atoms. The Hall–Kier alpha value is -5.82. The van der Waals surface area contributed by atoms with Crippen LogP contribution in [0.4, 0.5) is 0 Å². The summed E-state index contributed by atoms with van der Waals surface area (Å²) < 4.78 is 2.55. The van der Waals surface area contributed by atoms with E-state index in [-0.39, 0.29) is 0 Å². The molecule has 5 aromatic heterocycles. The van der Waals surface area contributed by atoms with Crippen molar-refractivity contribution in [2.24, 2.45) is 0 Å². The van der Waals surface area contributed by atoms with Crippen molar-refractivity contribution >= 4 is 45.3 Å². The predicted octanol–water partition coefficient (Wildman–Crippen LogP) is 16.1. The summed E-state index contributed by atoms with van der Waals surface area (Å²) in [7, 11) is 0. The first-order valence-electron chi connectivity index (χ1n) is 18.2. The van der Waals surface area contributed by atoms with E-state index in [0.717, 1.165) is 5.69 Å². The molecule has 262 valence electrons. The van der Waals surface area contributed by atoms with E-state index in [1.807, 2.05) is 45.3 Å². The van der Waals surface area contributed by atoms with Gasteiger partial charge in [0.05, 0.1) is 21.1 Å². The Morgan fingerprint density at radius 1 is 0.236 bits per heavy atom. The number of thiophene rings is 4. The van der Waals surface area contributed by atoms with Crippen molar-refractivity contribution in [3.63, 3.8) is 0 Å². The second-order valence-electron chi connectivity index (χ2n) is 13.2. The second kappa shape index (κ2) is 14.8. The van der Waals surface area contributed by atoms with Crippen molar-refractivity contribution < 1.29 is 0 Å². The van der Waals surface area contributed by atoms with E-state index in [0.29, 0.717) is 0 Å². The van der Waals surface area contributed by atoms with E-state index in [9.17, 15) is 0 Å². The van der Waals surface area contributed by atoms with Gasteiger partial charge >= 0.3 is 0 Å². The molecule has 5 heteroatoms. The number of para-hydroxylation sites is 1. The monoisotopic (exact) mass is 775 g/mol. The summed E-state index contributed by atoms with van der Waals surface area (Å²) in [6.07, 6.45) is 0. The average Bonchev–Trinajstić information content (AvgIpc) is 4.11. The number of benzene rings is 5. The first-order chi connectivity index (χ1) is 27.3. The molecule has 5 aromatic carbocycles. The Morgan fingerprint density at radius 3 is 0.818 bits per heavy atom. The lowest BCUT2D eigenvalue weighted by Crippen LogP contribution is -1.98. The Bertz CT molecular complexity index is 2660. The molecule has 0 unspecified atom stereocenters. The molecule has 0 aliphatic rings. The molecule has 0 saturated carbocycles. The summed E-state index contributed by atoms with van der Waals surface area (Å²) in [4.78, 5) is 10.0. The van der Waals surface area contributed by atoms with Crippen molar-refractivity contribution in [2.45, 2.75) is 0 Å². The number of aromatic nitrogens is 1. The third kappa shape index (κ3) is 6.45. The average molecular weight is 776 g/mol. The van der Waals surface area contributed by atoms with Gasteiger partial charge in [-0.1, -0.05) is 140 Å². The lowest BCUT2D eigenvalue weighted by Gasteiger charge is -2.13. The summed E-state index contributed by atoms with van der Waals surface area (Å²) in [5.74, 6) is 0. The molecule has 0 bridgehead atoms. The molecule has 0 radical (unpaired) electrons. The van der Waals surface area contributed by atoms with E-state index in [1.165, 1.54) is 83.8 Å². The summed E-state index contributed by atoms with van der Waals surface area (Å²) in [6, 6.07) is 72.6. The van der Waals surface area contributed by atoms with Gasteiger partial charge < -0.3 is 4.57 Å². The molecule has 0 fully saturated rings. The van der Waals surface area contributed by atoms with Crippen molar-refractivity contribution in [1.82, 2.24) is 4.57 Å². The maximum Gasteiger partial charge on any atom is 0.0728 e. The van der Waals surface area contributed by atoms with E-state index in [4.69, 9.17) is 0 Å². The van der Waals surface area contributed by atoms with Gasteiger partial charge in [0.1, 0.15) is 0 Å². The van der Waals surface area contributed by atoms with Crippen LogP contribution in [0.25, 0.3) is 89.5 Å². The van der Waals surface area contributed by atoms with Crippen molar-refractivity contribution in [2.75, 3.05) is 0 Å². The number of hydrogen-bond donors (Lipinski definition) is 0. The summed E-state index contributed by atoms with van der Waals surface area (Å²) in [5, 5.41) is 0. The van der Waals surface area contributed by atoms with Crippen LogP contribution in [-0.4, -0.2) is 4.57 Å². The van der Waals surface area contributed by atoms with Crippen LogP contribution < -0.4 is 0 Å². The maximum atomic E-state index is 2.55. The summed E-state index contributed by atoms with van der Waals surface area (Å²) >= 11 is 7.49. The SMILES string of the molecule is c1ccc(-c2ccc(-c3c(-c4ccc(-c5ccccc5)s4)c(-c4ccc(-c5ccccc5)s4)n(-c4ccccc4)c3-c3ccc(-c4ccccc4)s3)s2)cc1. The lowest BCUT2D eigenvalue weighted by molar-refractivity contribution is 1.11. The zero-order valence-electron chi connectivity index (χ0n) is 29.6. The van der Waals surface area contributed by atoms with Crippen LogP contribution in [-0.2, 0) is 0 Å². The van der Waals surface area contributed by atoms with Crippen molar-refractivity contribution in [1.29, 1.82) is 0 Å². The van der Waals surface area contributed by atoms with E-state index < -0.39 is 0 Å². The van der Waals surface area contributed by atoms with E-state index >= 15 is 0 Å². The lowest BCUT2D eigenvalue weighted by atomic mass is 10.0. The largest absolute Gasteiger partial charge is 0.306 e. The molecule has 0 atom stereocenters. The van der Waals surface area contributed by atoms with Gasteiger partial charge in [-0.15, -0.1) is 45.3 Å². The quantitative estimate of drug-likeness (QED) is 0.138. The van der Waals surface area contributed by atoms with Crippen LogP contribution >= 0.6 is 45.3 Å². The Kier molecular flexibility index (Phi) is 9.06. The Balaban J connectivity index is 1.31. The summed E-state index contributed by atoms with van der Waals surface area (Å²) in [6.45, 7) is 0. The van der Waals surface area contributed by atoms with Gasteiger partial charge in [0.15, 0.2) is 0 Å². The second-order valence-corrected chi connectivity index (χ2v) is 17.6. The maximum absolute atomic E-state index is 2.55. The van der Waals surface area contributed by atoms with Crippen molar-refractivity contribution in [3.05, 3.63) is 200 Å². The van der Waals surface area contributed by atoms with Crippen LogP contribution in [0.3, 0.4) is 0 Å². The molecule has 0 spiro atoms. The van der Waals surface area contributed by atoms with E-state index in [1.54, 1.807) is 0 Å². The topological polar surface area (TPSA) is 4.93 Å². The van der Waals surface area contributed by atoms with Crippen LogP contribution in [0.1, 0.15) is 0 Å². The molecule has 1 nitrogen and oxygen atoms in total. The fraction of sp³-hybridized carbons (Fsp3) is 0. The van der Waals surface area contributed by atoms with Crippen LogP contribution in [0.5, 0.6) is 0 Å². The molecule has 0 amide bonds. The van der Waals surface area contributed by atoms with E-state index in [2.05, 4.69) is 205 Å². The highest BCUT2D eigenvalue weighted by atomic mass is 32.1. The predicted molar refractivity (Wildman–Crippen MR) is 241 cm³/mol. The Morgan fingerprint density at radius 2 is 0.491 bits per heavy atom. The number of rotatable bonds is 9. The highest BCUT2D eigenvalue weighted by Crippen LogP contribution is 2.56. The molecule has 0 N–H and O–H groups in total. The minimum atomic E-state index is 1.14. The molecular formula is C50H33NS4. The van der Waals surface area contributed by atoms with Crippen LogP contribution in [0, 0.1) is 0 Å². The first kappa shape index (κ1) is 33.7. The van der Waals surface area contributed by atoms with Gasteiger partial charge in [0.25, 0.3) is 0 Å². The van der Waals surface area contributed by atoms with Gasteiger partial charge in [-0.2, -0.15) is 0 Å². The molecule has 10 aromatic rings. The zero-order chi connectivity index (χ0) is 36.6. The molecule has 5 heterocycles. The van der Waals surface area contributed by atoms with Gasteiger partial charge in [0.2, 0.25) is 0 Å². The third-order valence-electron chi connectivity index (χ3n) is 9.80. The van der Waals surface area contributed by atoms with Gasteiger partial charge in [-0.3, -0.25) is 0 Å². The first-order valence-corrected chi connectivity index (χ1v) is 21.5. The van der Waals surface area contributed by atoms with Gasteiger partial charge in [-0.25, -0.2) is 0 Å². The van der Waals surface area contributed by atoms with Crippen LogP contribution in [0.15, 0.2) is 200 Å². The van der Waals surface area contributed by atoms with Gasteiger partial charge in [-0.05, 0) is 82.9 Å². The summed E-state index contributed by atoms with van der Waals surface area (Å²) in [5.41, 5.74) is 11.1. The minimum Gasteiger partial charge on any atom is -0.306 e. The fourth-order valence-electron chi connectivity index (χ4n) is 7.26. The Labute approximate surface area is 337 Å². The molecule has 0 saturated heterocycles. The minimum absolute atomic E-state index is 1.14. The smallest absolute Gasteiger partial charge is 0.0728 e. The zero-order valence-corrected chi connectivity index (χ0v) is 32.9.